The topological polar surface area (TPSA) is 75.7 Å². The molecular weight excluding hydrogens is 340 g/mol. The van der Waals surface area contributed by atoms with Gasteiger partial charge >= 0.3 is 5.97 Å². The first kappa shape index (κ1) is 18.7. The van der Waals surface area contributed by atoms with Crippen LogP contribution in [0.15, 0.2) is 41.8 Å². The smallest absolute Gasteiger partial charge is 0.348 e. The summed E-state index contributed by atoms with van der Waals surface area (Å²) in [5, 5.41) is 4.55. The molecule has 1 aromatic heterocycles. The number of ether oxygens (including phenoxy) is 1. The molecule has 0 saturated heterocycles. The van der Waals surface area contributed by atoms with Gasteiger partial charge in [-0.25, -0.2) is 4.79 Å². The van der Waals surface area contributed by atoms with E-state index in [1.807, 2.05) is 31.2 Å². The number of esters is 1. The molecule has 0 spiro atoms. The molecule has 1 aromatic carbocycles. The highest BCUT2D eigenvalue weighted by atomic mass is 32.1. The summed E-state index contributed by atoms with van der Waals surface area (Å²) in [5.41, 5.74) is 1.76. The van der Waals surface area contributed by atoms with Crippen molar-refractivity contribution in [3.05, 3.63) is 52.2 Å². The molecule has 132 valence electrons. The van der Waals surface area contributed by atoms with E-state index in [0.29, 0.717) is 4.88 Å². The number of rotatable bonds is 7. The number of thiophene rings is 1. The molecule has 6 nitrogen and oxygen atoms in total. The average Bonchev–Trinajstić information content (AvgIpc) is 3.14. The van der Waals surface area contributed by atoms with Crippen LogP contribution in [0.3, 0.4) is 0 Å². The molecule has 0 saturated carbocycles. The van der Waals surface area contributed by atoms with Crippen molar-refractivity contribution in [2.24, 2.45) is 0 Å². The van der Waals surface area contributed by atoms with Crippen molar-refractivity contribution in [1.29, 1.82) is 0 Å². The van der Waals surface area contributed by atoms with Gasteiger partial charge in [0.25, 0.3) is 5.91 Å². The molecule has 0 fully saturated rings. The predicted octanol–water partition coefficient (Wildman–Crippen LogP) is 2.56. The van der Waals surface area contributed by atoms with Crippen LogP contribution in [0.2, 0.25) is 0 Å². The van der Waals surface area contributed by atoms with E-state index in [-0.39, 0.29) is 12.5 Å². The number of carbonyl (C=O) groups is 3. The van der Waals surface area contributed by atoms with Gasteiger partial charge in [-0.05, 0) is 29.5 Å². The summed E-state index contributed by atoms with van der Waals surface area (Å²) in [6, 6.07) is 10.9. The van der Waals surface area contributed by atoms with E-state index in [4.69, 9.17) is 4.74 Å². The van der Waals surface area contributed by atoms with E-state index in [2.05, 4.69) is 5.32 Å². The third-order valence-electron chi connectivity index (χ3n) is 3.53. The molecule has 0 bridgehead atoms. The number of amides is 2. The van der Waals surface area contributed by atoms with Crippen LogP contribution >= 0.6 is 11.3 Å². The number of benzene rings is 1. The SMILES string of the molecule is CCc1ccccc1NC(=O)CN(C)C(=O)COC(=O)c1cccs1. The number of nitrogens with zero attached hydrogens (tertiary/aromatic N) is 1. The van der Waals surface area contributed by atoms with Gasteiger partial charge in [0.2, 0.25) is 5.91 Å². The second-order valence-electron chi connectivity index (χ2n) is 5.36. The normalized spacial score (nSPS) is 10.2. The van der Waals surface area contributed by atoms with Crippen LogP contribution in [0, 0.1) is 0 Å². The Morgan fingerprint density at radius 1 is 1.16 bits per heavy atom. The lowest BCUT2D eigenvalue weighted by Crippen LogP contribution is -2.37. The fourth-order valence-electron chi connectivity index (χ4n) is 2.15. The molecule has 0 aliphatic rings. The van der Waals surface area contributed by atoms with Gasteiger partial charge in [-0.1, -0.05) is 31.2 Å². The van der Waals surface area contributed by atoms with Crippen LogP contribution in [-0.4, -0.2) is 42.9 Å². The van der Waals surface area contributed by atoms with Crippen molar-refractivity contribution in [3.63, 3.8) is 0 Å². The van der Waals surface area contributed by atoms with Gasteiger partial charge in [0, 0.05) is 12.7 Å². The molecule has 1 N–H and O–H groups in total. The summed E-state index contributed by atoms with van der Waals surface area (Å²) in [5.74, 6) is -1.29. The minimum atomic E-state index is -0.543. The molecular formula is C18H20N2O4S. The molecule has 0 unspecified atom stereocenters. The van der Waals surface area contributed by atoms with E-state index in [1.54, 1.807) is 17.5 Å². The quantitative estimate of drug-likeness (QED) is 0.770. The number of anilines is 1. The standard InChI is InChI=1S/C18H20N2O4S/c1-3-13-7-4-5-8-14(13)19-16(21)11-20(2)17(22)12-24-18(23)15-9-6-10-25-15/h4-10H,3,11-12H2,1-2H3,(H,19,21). The molecule has 2 rings (SSSR count). The van der Waals surface area contributed by atoms with Gasteiger partial charge in [-0.2, -0.15) is 0 Å². The molecule has 0 atom stereocenters. The van der Waals surface area contributed by atoms with E-state index in [1.165, 1.54) is 23.3 Å². The van der Waals surface area contributed by atoms with Crippen LogP contribution < -0.4 is 5.32 Å². The summed E-state index contributed by atoms with van der Waals surface area (Å²) in [6.45, 7) is 1.49. The lowest BCUT2D eigenvalue weighted by molar-refractivity contribution is -0.136. The average molecular weight is 360 g/mol. The van der Waals surface area contributed by atoms with Crippen molar-refractivity contribution in [2.75, 3.05) is 25.5 Å². The van der Waals surface area contributed by atoms with Gasteiger partial charge in [0.1, 0.15) is 4.88 Å². The lowest BCUT2D eigenvalue weighted by atomic mass is 10.1. The zero-order valence-corrected chi connectivity index (χ0v) is 15.0. The zero-order chi connectivity index (χ0) is 18.2. The van der Waals surface area contributed by atoms with Gasteiger partial charge < -0.3 is 15.0 Å². The van der Waals surface area contributed by atoms with Gasteiger partial charge in [0.15, 0.2) is 6.61 Å². The summed E-state index contributed by atoms with van der Waals surface area (Å²) in [7, 11) is 1.49. The van der Waals surface area contributed by atoms with Crippen LogP contribution in [0.25, 0.3) is 0 Å². The predicted molar refractivity (Wildman–Crippen MR) is 96.7 cm³/mol. The van der Waals surface area contributed by atoms with Crippen LogP contribution in [0.4, 0.5) is 5.69 Å². The highest BCUT2D eigenvalue weighted by Gasteiger charge is 2.16. The lowest BCUT2D eigenvalue weighted by Gasteiger charge is -2.17. The van der Waals surface area contributed by atoms with Crippen molar-refractivity contribution in [1.82, 2.24) is 4.90 Å². The molecule has 0 aliphatic carbocycles. The van der Waals surface area contributed by atoms with Crippen molar-refractivity contribution >= 4 is 34.8 Å². The van der Waals surface area contributed by atoms with Crippen molar-refractivity contribution in [2.45, 2.75) is 13.3 Å². The van der Waals surface area contributed by atoms with E-state index >= 15 is 0 Å². The Balaban J connectivity index is 1.81. The van der Waals surface area contributed by atoms with E-state index in [0.717, 1.165) is 17.7 Å². The van der Waals surface area contributed by atoms with Gasteiger partial charge in [-0.15, -0.1) is 11.3 Å². The summed E-state index contributed by atoms with van der Waals surface area (Å²) < 4.78 is 4.95. The van der Waals surface area contributed by atoms with Crippen LogP contribution in [0.5, 0.6) is 0 Å². The number of para-hydroxylation sites is 1. The molecule has 2 amide bonds. The monoisotopic (exact) mass is 360 g/mol. The Morgan fingerprint density at radius 3 is 2.60 bits per heavy atom. The number of hydrogen-bond donors (Lipinski definition) is 1. The maximum Gasteiger partial charge on any atom is 0.348 e. The molecule has 7 heteroatoms. The number of hydrogen-bond acceptors (Lipinski definition) is 5. The summed E-state index contributed by atoms with van der Waals surface area (Å²) in [6.07, 6.45) is 0.796. The Morgan fingerprint density at radius 2 is 1.92 bits per heavy atom. The first-order valence-corrected chi connectivity index (χ1v) is 8.71. The third kappa shape index (κ3) is 5.42. The summed E-state index contributed by atoms with van der Waals surface area (Å²) >= 11 is 1.24. The maximum atomic E-state index is 12.1. The molecule has 0 aliphatic heterocycles. The highest BCUT2D eigenvalue weighted by Crippen LogP contribution is 2.15. The van der Waals surface area contributed by atoms with E-state index in [9.17, 15) is 14.4 Å². The second-order valence-corrected chi connectivity index (χ2v) is 6.31. The molecule has 2 aromatic rings. The fourth-order valence-corrected chi connectivity index (χ4v) is 2.76. The Bertz CT molecular complexity index is 743. The Labute approximate surface area is 150 Å². The molecule has 25 heavy (non-hydrogen) atoms. The first-order valence-electron chi connectivity index (χ1n) is 7.83. The van der Waals surface area contributed by atoms with Crippen molar-refractivity contribution < 1.29 is 19.1 Å². The minimum Gasteiger partial charge on any atom is -0.451 e. The van der Waals surface area contributed by atoms with Crippen molar-refractivity contribution in [3.8, 4) is 0 Å². The first-order chi connectivity index (χ1) is 12.0. The number of carbonyl (C=O) groups excluding carboxylic acids is 3. The highest BCUT2D eigenvalue weighted by molar-refractivity contribution is 7.11. The largest absolute Gasteiger partial charge is 0.451 e. The minimum absolute atomic E-state index is 0.118. The van der Waals surface area contributed by atoms with Crippen LogP contribution in [0.1, 0.15) is 22.2 Å². The van der Waals surface area contributed by atoms with E-state index < -0.39 is 18.5 Å². The maximum absolute atomic E-state index is 12.1. The third-order valence-corrected chi connectivity index (χ3v) is 4.38. The van der Waals surface area contributed by atoms with Gasteiger partial charge in [0.05, 0.1) is 6.54 Å². The fraction of sp³-hybridized carbons (Fsp3) is 0.278. The number of nitrogens with one attached hydrogen (secondary N) is 1. The zero-order valence-electron chi connectivity index (χ0n) is 14.2. The number of likely N-dealkylation sites (N-methyl/N-ethyl adjacent to an activating group) is 1. The molecule has 1 heterocycles. The second kappa shape index (κ2) is 8.98. The van der Waals surface area contributed by atoms with Gasteiger partial charge in [-0.3, -0.25) is 9.59 Å². The Kier molecular flexibility index (Phi) is 6.71. The molecule has 0 radical (unpaired) electrons. The van der Waals surface area contributed by atoms with Crippen LogP contribution in [-0.2, 0) is 20.7 Å². The Hall–Kier alpha value is -2.67. The summed E-state index contributed by atoms with van der Waals surface area (Å²) in [4.78, 5) is 37.5. The number of aryl methyl sites for hydroxylation is 1.